The highest BCUT2D eigenvalue weighted by Gasteiger charge is 2.18. The molecule has 0 unspecified atom stereocenters. The SMILES string of the molecule is COc1ccc2c(NC3CCN(C)CC3)nc(NCCN)nc2c1. The van der Waals surface area contributed by atoms with E-state index in [1.54, 1.807) is 7.11 Å². The molecule has 130 valence electrons. The molecule has 2 aromatic rings. The first kappa shape index (κ1) is 16.7. The topological polar surface area (TPSA) is 88.3 Å². The van der Waals surface area contributed by atoms with Crippen molar-refractivity contribution in [2.75, 3.05) is 51.0 Å². The fourth-order valence-corrected chi connectivity index (χ4v) is 2.96. The van der Waals surface area contributed by atoms with Crippen LogP contribution in [0.2, 0.25) is 0 Å². The summed E-state index contributed by atoms with van der Waals surface area (Å²) in [6, 6.07) is 6.32. The standard InChI is InChI=1S/C17H26N6O/c1-23-9-5-12(6-10-23)20-16-14-4-3-13(24-2)11-15(14)21-17(22-16)19-8-7-18/h3-4,11-12H,5-10,18H2,1-2H3,(H2,19,20,21,22). The van der Waals surface area contributed by atoms with Gasteiger partial charge in [-0.2, -0.15) is 4.98 Å². The molecule has 1 saturated heterocycles. The largest absolute Gasteiger partial charge is 0.497 e. The molecule has 7 heteroatoms. The number of anilines is 2. The van der Waals surface area contributed by atoms with Gasteiger partial charge in [-0.25, -0.2) is 4.98 Å². The van der Waals surface area contributed by atoms with Gasteiger partial charge >= 0.3 is 0 Å². The van der Waals surface area contributed by atoms with Crippen LogP contribution in [0.25, 0.3) is 10.9 Å². The minimum absolute atomic E-state index is 0.434. The lowest BCUT2D eigenvalue weighted by Gasteiger charge is -2.30. The van der Waals surface area contributed by atoms with E-state index in [2.05, 4.69) is 32.5 Å². The van der Waals surface area contributed by atoms with Crippen LogP contribution >= 0.6 is 0 Å². The van der Waals surface area contributed by atoms with E-state index in [9.17, 15) is 0 Å². The van der Waals surface area contributed by atoms with E-state index < -0.39 is 0 Å². The first-order valence-electron chi connectivity index (χ1n) is 8.44. The Hall–Kier alpha value is -2.12. The van der Waals surface area contributed by atoms with Crippen LogP contribution in [0.1, 0.15) is 12.8 Å². The minimum Gasteiger partial charge on any atom is -0.497 e. The van der Waals surface area contributed by atoms with Crippen molar-refractivity contribution >= 4 is 22.7 Å². The lowest BCUT2D eigenvalue weighted by molar-refractivity contribution is 0.264. The lowest BCUT2D eigenvalue weighted by Crippen LogP contribution is -2.37. The molecular weight excluding hydrogens is 304 g/mol. The quantitative estimate of drug-likeness (QED) is 0.740. The van der Waals surface area contributed by atoms with Gasteiger partial charge in [-0.15, -0.1) is 0 Å². The number of fused-ring (bicyclic) bond motifs is 1. The monoisotopic (exact) mass is 330 g/mol. The molecule has 1 aliphatic heterocycles. The predicted octanol–water partition coefficient (Wildman–Crippen LogP) is 1.52. The Bertz CT molecular complexity index is 684. The van der Waals surface area contributed by atoms with Crippen molar-refractivity contribution in [1.29, 1.82) is 0 Å². The molecule has 0 atom stereocenters. The van der Waals surface area contributed by atoms with Crippen molar-refractivity contribution in [3.63, 3.8) is 0 Å². The van der Waals surface area contributed by atoms with Crippen LogP contribution in [0.4, 0.5) is 11.8 Å². The van der Waals surface area contributed by atoms with Crippen molar-refractivity contribution in [1.82, 2.24) is 14.9 Å². The van der Waals surface area contributed by atoms with Crippen molar-refractivity contribution < 1.29 is 4.74 Å². The molecular formula is C17H26N6O. The number of nitrogens with two attached hydrogens (primary N) is 1. The summed E-state index contributed by atoms with van der Waals surface area (Å²) in [4.78, 5) is 11.6. The number of hydrogen-bond donors (Lipinski definition) is 3. The van der Waals surface area contributed by atoms with Gasteiger partial charge in [0, 0.05) is 30.6 Å². The molecule has 0 saturated carbocycles. The van der Waals surface area contributed by atoms with E-state index in [1.807, 2.05) is 18.2 Å². The van der Waals surface area contributed by atoms with Crippen LogP contribution in [0, 0.1) is 0 Å². The molecule has 0 spiro atoms. The summed E-state index contributed by atoms with van der Waals surface area (Å²) in [7, 11) is 3.82. The van der Waals surface area contributed by atoms with Gasteiger partial charge in [-0.3, -0.25) is 0 Å². The zero-order valence-corrected chi connectivity index (χ0v) is 14.4. The maximum Gasteiger partial charge on any atom is 0.225 e. The smallest absolute Gasteiger partial charge is 0.225 e. The summed E-state index contributed by atoms with van der Waals surface area (Å²) in [6.07, 6.45) is 2.23. The zero-order valence-electron chi connectivity index (χ0n) is 14.4. The van der Waals surface area contributed by atoms with Crippen molar-refractivity contribution in [3.05, 3.63) is 18.2 Å². The minimum atomic E-state index is 0.434. The molecule has 0 radical (unpaired) electrons. The summed E-state index contributed by atoms with van der Waals surface area (Å²) < 4.78 is 5.32. The maximum atomic E-state index is 5.58. The van der Waals surface area contributed by atoms with E-state index in [-0.39, 0.29) is 0 Å². The van der Waals surface area contributed by atoms with Gasteiger partial charge in [0.2, 0.25) is 5.95 Å². The Labute approximate surface area is 142 Å². The second-order valence-electron chi connectivity index (χ2n) is 6.22. The van der Waals surface area contributed by atoms with Gasteiger partial charge in [0.15, 0.2) is 0 Å². The normalized spacial score (nSPS) is 16.3. The van der Waals surface area contributed by atoms with Crippen LogP contribution < -0.4 is 21.1 Å². The van der Waals surface area contributed by atoms with Crippen molar-refractivity contribution in [2.24, 2.45) is 5.73 Å². The molecule has 0 bridgehead atoms. The Balaban J connectivity index is 1.91. The first-order chi connectivity index (χ1) is 11.7. The molecule has 2 heterocycles. The lowest BCUT2D eigenvalue weighted by atomic mass is 10.1. The number of benzene rings is 1. The van der Waals surface area contributed by atoms with Crippen LogP contribution in [0.3, 0.4) is 0 Å². The highest BCUT2D eigenvalue weighted by Crippen LogP contribution is 2.27. The second kappa shape index (κ2) is 7.63. The summed E-state index contributed by atoms with van der Waals surface area (Å²) in [5.74, 6) is 2.25. The number of hydrogen-bond acceptors (Lipinski definition) is 7. The third-order valence-electron chi connectivity index (χ3n) is 4.39. The van der Waals surface area contributed by atoms with Crippen molar-refractivity contribution in [3.8, 4) is 5.75 Å². The van der Waals surface area contributed by atoms with E-state index in [0.717, 1.165) is 48.4 Å². The molecule has 0 amide bonds. The third kappa shape index (κ3) is 3.85. The molecule has 0 aliphatic carbocycles. The number of nitrogens with zero attached hydrogens (tertiary/aromatic N) is 3. The molecule has 3 rings (SSSR count). The highest BCUT2D eigenvalue weighted by atomic mass is 16.5. The van der Waals surface area contributed by atoms with Gasteiger partial charge in [0.25, 0.3) is 0 Å². The first-order valence-corrected chi connectivity index (χ1v) is 8.44. The van der Waals surface area contributed by atoms with E-state index in [0.29, 0.717) is 25.1 Å². The fraction of sp³-hybridized carbons (Fsp3) is 0.529. The summed E-state index contributed by atoms with van der Waals surface area (Å²) in [5.41, 5.74) is 6.44. The Morgan fingerprint density at radius 2 is 2.08 bits per heavy atom. The van der Waals surface area contributed by atoms with Crippen LogP contribution in [0.5, 0.6) is 5.75 Å². The highest BCUT2D eigenvalue weighted by molar-refractivity contribution is 5.91. The van der Waals surface area contributed by atoms with E-state index in [1.165, 1.54) is 0 Å². The molecule has 1 aromatic heterocycles. The van der Waals surface area contributed by atoms with Gasteiger partial charge in [0.05, 0.1) is 12.6 Å². The molecule has 1 aliphatic rings. The number of likely N-dealkylation sites (tertiary alicyclic amines) is 1. The van der Waals surface area contributed by atoms with Crippen LogP contribution in [0.15, 0.2) is 18.2 Å². The Morgan fingerprint density at radius 3 is 2.79 bits per heavy atom. The number of ether oxygens (including phenoxy) is 1. The molecule has 4 N–H and O–H groups in total. The Kier molecular flexibility index (Phi) is 5.32. The number of methoxy groups -OCH3 is 1. The molecule has 24 heavy (non-hydrogen) atoms. The number of nitrogens with one attached hydrogen (secondary N) is 2. The van der Waals surface area contributed by atoms with E-state index in [4.69, 9.17) is 10.5 Å². The third-order valence-corrected chi connectivity index (χ3v) is 4.39. The van der Waals surface area contributed by atoms with Gasteiger partial charge in [-0.1, -0.05) is 0 Å². The average Bonchev–Trinajstić information content (AvgIpc) is 2.61. The molecule has 1 fully saturated rings. The second-order valence-corrected chi connectivity index (χ2v) is 6.22. The molecule has 1 aromatic carbocycles. The average molecular weight is 330 g/mol. The summed E-state index contributed by atoms with van der Waals surface area (Å²) in [6.45, 7) is 3.39. The van der Waals surface area contributed by atoms with Crippen LogP contribution in [-0.2, 0) is 0 Å². The summed E-state index contributed by atoms with van der Waals surface area (Å²) in [5, 5.41) is 7.79. The van der Waals surface area contributed by atoms with Gasteiger partial charge in [-0.05, 0) is 45.1 Å². The predicted molar refractivity (Wildman–Crippen MR) is 97.8 cm³/mol. The molecule has 7 nitrogen and oxygen atoms in total. The number of piperidine rings is 1. The van der Waals surface area contributed by atoms with Gasteiger partial charge in [0.1, 0.15) is 11.6 Å². The fourth-order valence-electron chi connectivity index (χ4n) is 2.96. The van der Waals surface area contributed by atoms with E-state index >= 15 is 0 Å². The zero-order chi connectivity index (χ0) is 16.9. The van der Waals surface area contributed by atoms with Gasteiger partial charge < -0.3 is 26.0 Å². The summed E-state index contributed by atoms with van der Waals surface area (Å²) >= 11 is 0. The number of rotatable bonds is 6. The maximum absolute atomic E-state index is 5.58. The van der Waals surface area contributed by atoms with Crippen molar-refractivity contribution in [2.45, 2.75) is 18.9 Å². The number of aromatic nitrogens is 2. The Morgan fingerprint density at radius 1 is 1.29 bits per heavy atom. The van der Waals surface area contributed by atoms with Crippen LogP contribution in [-0.4, -0.2) is 61.2 Å².